The molecular formula is C20H18Cl6N2O2S2. The summed E-state index contributed by atoms with van der Waals surface area (Å²) in [5, 5.41) is 0. The molecular weight excluding hydrogens is 577 g/mol. The van der Waals surface area contributed by atoms with Crippen LogP contribution in [0.2, 0.25) is 0 Å². The summed E-state index contributed by atoms with van der Waals surface area (Å²) in [7, 11) is 2.75. The van der Waals surface area contributed by atoms with Crippen molar-refractivity contribution in [3.63, 3.8) is 0 Å². The van der Waals surface area contributed by atoms with Crippen LogP contribution in [0.1, 0.15) is 23.3 Å². The molecule has 4 unspecified atom stereocenters. The number of hydrogen-bond acceptors (Lipinski definition) is 6. The minimum absolute atomic E-state index is 0.235. The molecule has 2 fully saturated rings. The fraction of sp³-hybridized carbons (Fsp3) is 0.400. The summed E-state index contributed by atoms with van der Waals surface area (Å²) in [4.78, 5) is 0. The lowest BCUT2D eigenvalue weighted by Crippen LogP contribution is -2.38. The number of hydrogen-bond donors (Lipinski definition) is 0. The van der Waals surface area contributed by atoms with E-state index in [1.807, 2.05) is 69.3 Å². The van der Waals surface area contributed by atoms with Crippen LogP contribution in [0.25, 0.3) is 0 Å². The first-order valence-corrected chi connectivity index (χ1v) is 13.9. The quantitative estimate of drug-likeness (QED) is 0.199. The number of rotatable bonds is 5. The highest BCUT2D eigenvalue weighted by atomic mass is 35.6. The van der Waals surface area contributed by atoms with Crippen LogP contribution < -0.4 is 0 Å². The fourth-order valence-electron chi connectivity index (χ4n) is 3.46. The standard InChI is InChI=1S/C20H18Cl6N2O2S2/c21-19(22,23)17-27(11-15(29-17)13-7-3-1-4-8-13)31-32-28-12-16(14-9-5-2-6-10-14)30-18(28)20(24,25)26/h1-10,15-18H,11-12H2. The van der Waals surface area contributed by atoms with E-state index in [0.717, 1.165) is 11.1 Å². The molecule has 2 saturated heterocycles. The molecule has 0 N–H and O–H groups in total. The van der Waals surface area contributed by atoms with Crippen LogP contribution in [0, 0.1) is 0 Å². The SMILES string of the molecule is ClC(Cl)(Cl)C1OC(c2ccccc2)CN1SSN1CC(c2ccccc2)OC1C(Cl)(Cl)Cl. The maximum atomic E-state index is 6.23. The summed E-state index contributed by atoms with van der Waals surface area (Å²) in [6.07, 6.45) is -1.98. The predicted molar refractivity (Wildman–Crippen MR) is 137 cm³/mol. The molecule has 0 amide bonds. The van der Waals surface area contributed by atoms with Crippen LogP contribution in [-0.4, -0.2) is 41.7 Å². The summed E-state index contributed by atoms with van der Waals surface area (Å²) in [6, 6.07) is 19.6. The first kappa shape index (κ1) is 25.8. The molecule has 0 spiro atoms. The summed E-state index contributed by atoms with van der Waals surface area (Å²) in [5.74, 6) is 0. The van der Waals surface area contributed by atoms with E-state index in [4.69, 9.17) is 79.1 Å². The second-order valence-electron chi connectivity index (χ2n) is 7.21. The molecule has 4 nitrogen and oxygen atoms in total. The fourth-order valence-corrected chi connectivity index (χ4v) is 7.31. The van der Waals surface area contributed by atoms with E-state index < -0.39 is 20.0 Å². The topological polar surface area (TPSA) is 24.9 Å². The molecule has 2 aromatic carbocycles. The third kappa shape index (κ3) is 6.28. The lowest BCUT2D eigenvalue weighted by molar-refractivity contribution is 0.0257. The number of alkyl halides is 6. The zero-order valence-electron chi connectivity index (χ0n) is 16.3. The van der Waals surface area contributed by atoms with E-state index in [2.05, 4.69) is 0 Å². The molecule has 2 heterocycles. The van der Waals surface area contributed by atoms with Crippen molar-refractivity contribution in [1.29, 1.82) is 0 Å². The second kappa shape index (κ2) is 10.8. The molecule has 2 aliphatic rings. The molecule has 4 rings (SSSR count). The average Bonchev–Trinajstić information content (AvgIpc) is 3.38. The Morgan fingerprint density at radius 1 is 0.625 bits per heavy atom. The number of ether oxygens (including phenoxy) is 2. The van der Waals surface area contributed by atoms with Crippen molar-refractivity contribution >= 4 is 91.6 Å². The zero-order chi connectivity index (χ0) is 22.9. The van der Waals surface area contributed by atoms with Gasteiger partial charge in [-0.25, -0.2) is 8.61 Å². The highest BCUT2D eigenvalue weighted by molar-refractivity contribution is 8.74. The van der Waals surface area contributed by atoms with Gasteiger partial charge in [-0.2, -0.15) is 0 Å². The van der Waals surface area contributed by atoms with Gasteiger partial charge < -0.3 is 9.47 Å². The van der Waals surface area contributed by atoms with Crippen molar-refractivity contribution in [2.24, 2.45) is 0 Å². The van der Waals surface area contributed by atoms with Gasteiger partial charge in [-0.1, -0.05) is 130 Å². The van der Waals surface area contributed by atoms with Gasteiger partial charge in [0.25, 0.3) is 0 Å². The molecule has 0 radical (unpaired) electrons. The maximum Gasteiger partial charge on any atom is 0.230 e. The third-order valence-corrected chi connectivity index (χ3v) is 8.53. The number of halogens is 6. The van der Waals surface area contributed by atoms with E-state index in [1.165, 1.54) is 22.0 Å². The van der Waals surface area contributed by atoms with Crippen LogP contribution in [0.3, 0.4) is 0 Å². The Labute approximate surface area is 225 Å². The molecule has 174 valence electrons. The van der Waals surface area contributed by atoms with Crippen molar-refractivity contribution in [3.8, 4) is 0 Å². The van der Waals surface area contributed by atoms with Crippen LogP contribution >= 0.6 is 91.6 Å². The first-order chi connectivity index (χ1) is 15.1. The van der Waals surface area contributed by atoms with Gasteiger partial charge in [-0.05, 0) is 11.1 Å². The lowest BCUT2D eigenvalue weighted by Gasteiger charge is -2.30. The van der Waals surface area contributed by atoms with Crippen molar-refractivity contribution in [3.05, 3.63) is 71.8 Å². The molecule has 0 aromatic heterocycles. The monoisotopic (exact) mass is 592 g/mol. The minimum Gasteiger partial charge on any atom is -0.348 e. The van der Waals surface area contributed by atoms with Gasteiger partial charge >= 0.3 is 0 Å². The van der Waals surface area contributed by atoms with E-state index in [-0.39, 0.29) is 12.2 Å². The average molecular weight is 595 g/mol. The molecule has 2 aliphatic heterocycles. The Morgan fingerprint density at radius 3 is 1.28 bits per heavy atom. The Kier molecular flexibility index (Phi) is 8.68. The van der Waals surface area contributed by atoms with Gasteiger partial charge in [0.05, 0.1) is 12.2 Å². The number of nitrogens with zero attached hydrogens (tertiary/aromatic N) is 2. The van der Waals surface area contributed by atoms with Gasteiger partial charge in [0, 0.05) is 35.0 Å². The minimum atomic E-state index is -1.64. The first-order valence-electron chi connectivity index (χ1n) is 9.55. The molecule has 12 heteroatoms. The van der Waals surface area contributed by atoms with E-state index in [1.54, 1.807) is 0 Å². The number of benzene rings is 2. The third-order valence-electron chi connectivity index (χ3n) is 4.93. The molecule has 0 saturated carbocycles. The summed E-state index contributed by atoms with van der Waals surface area (Å²) in [6.45, 7) is 1.05. The van der Waals surface area contributed by atoms with Crippen molar-refractivity contribution in [2.75, 3.05) is 13.1 Å². The Hall–Kier alpha value is 0.720. The van der Waals surface area contributed by atoms with Gasteiger partial charge in [-0.15, -0.1) is 0 Å². The van der Waals surface area contributed by atoms with E-state index in [9.17, 15) is 0 Å². The Bertz CT molecular complexity index is 814. The van der Waals surface area contributed by atoms with Crippen LogP contribution in [0.5, 0.6) is 0 Å². The van der Waals surface area contributed by atoms with E-state index in [0.29, 0.717) is 13.1 Å². The highest BCUT2D eigenvalue weighted by Crippen LogP contribution is 2.51. The Morgan fingerprint density at radius 2 is 0.969 bits per heavy atom. The lowest BCUT2D eigenvalue weighted by atomic mass is 10.1. The van der Waals surface area contributed by atoms with Gasteiger partial charge in [0.1, 0.15) is 0 Å². The van der Waals surface area contributed by atoms with Crippen molar-refractivity contribution in [1.82, 2.24) is 8.61 Å². The zero-order valence-corrected chi connectivity index (χ0v) is 22.5. The molecule has 0 aliphatic carbocycles. The van der Waals surface area contributed by atoms with Gasteiger partial charge in [0.15, 0.2) is 12.5 Å². The van der Waals surface area contributed by atoms with Crippen molar-refractivity contribution in [2.45, 2.75) is 32.2 Å². The molecule has 4 atom stereocenters. The summed E-state index contributed by atoms with van der Waals surface area (Å²) >= 11 is 37.4. The molecule has 32 heavy (non-hydrogen) atoms. The van der Waals surface area contributed by atoms with E-state index >= 15 is 0 Å². The smallest absolute Gasteiger partial charge is 0.230 e. The normalized spacial score (nSPS) is 27.8. The van der Waals surface area contributed by atoms with Crippen LogP contribution in [-0.2, 0) is 9.47 Å². The molecule has 2 aromatic rings. The van der Waals surface area contributed by atoms with Crippen LogP contribution in [0.4, 0.5) is 0 Å². The van der Waals surface area contributed by atoms with Gasteiger partial charge in [0.2, 0.25) is 7.59 Å². The maximum absolute atomic E-state index is 6.23. The van der Waals surface area contributed by atoms with Crippen LogP contribution in [0.15, 0.2) is 60.7 Å². The largest absolute Gasteiger partial charge is 0.348 e. The summed E-state index contributed by atoms with van der Waals surface area (Å²) < 4.78 is 12.7. The second-order valence-corrected chi connectivity index (χ2v) is 14.1. The van der Waals surface area contributed by atoms with Crippen molar-refractivity contribution < 1.29 is 9.47 Å². The highest BCUT2D eigenvalue weighted by Gasteiger charge is 2.49. The summed E-state index contributed by atoms with van der Waals surface area (Å²) in [5.41, 5.74) is 2.01. The van der Waals surface area contributed by atoms with Gasteiger partial charge in [-0.3, -0.25) is 0 Å². The Balaban J connectivity index is 1.47. The predicted octanol–water partition coefficient (Wildman–Crippen LogP) is 7.74. The molecule has 0 bridgehead atoms.